The molecule has 112 valence electrons. The maximum atomic E-state index is 5.77. The molecule has 0 saturated heterocycles. The Bertz CT molecular complexity index is 650. The lowest BCUT2D eigenvalue weighted by Gasteiger charge is -2.20. The fourth-order valence-electron chi connectivity index (χ4n) is 3.21. The summed E-state index contributed by atoms with van der Waals surface area (Å²) in [7, 11) is 2.01. The molecule has 1 unspecified atom stereocenters. The third-order valence-electron chi connectivity index (χ3n) is 4.28. The maximum absolute atomic E-state index is 5.77. The lowest BCUT2D eigenvalue weighted by molar-refractivity contribution is 0.625. The molecule has 4 nitrogen and oxygen atoms in total. The van der Waals surface area contributed by atoms with Crippen LogP contribution in [0.3, 0.4) is 0 Å². The van der Waals surface area contributed by atoms with Crippen LogP contribution >= 0.6 is 15.9 Å². The molecule has 1 aromatic carbocycles. The molecule has 0 bridgehead atoms. The van der Waals surface area contributed by atoms with Crippen LogP contribution in [-0.4, -0.2) is 22.9 Å². The highest BCUT2D eigenvalue weighted by Crippen LogP contribution is 2.39. The van der Waals surface area contributed by atoms with Crippen molar-refractivity contribution in [2.75, 3.05) is 18.0 Å². The third kappa shape index (κ3) is 2.60. The number of aryl methyl sites for hydroxylation is 2. The van der Waals surface area contributed by atoms with Crippen LogP contribution < -0.4 is 10.6 Å². The highest BCUT2D eigenvalue weighted by Gasteiger charge is 2.28. The molecule has 2 heterocycles. The average Bonchev–Trinajstić information content (AvgIpc) is 2.93. The Morgan fingerprint density at radius 1 is 1.38 bits per heavy atom. The van der Waals surface area contributed by atoms with Gasteiger partial charge in [0.05, 0.1) is 22.4 Å². The monoisotopic (exact) mass is 348 g/mol. The van der Waals surface area contributed by atoms with Gasteiger partial charge in [0.2, 0.25) is 0 Å². The van der Waals surface area contributed by atoms with Crippen LogP contribution in [0.5, 0.6) is 0 Å². The first-order valence-electron chi connectivity index (χ1n) is 7.33. The molecule has 3 rings (SSSR count). The third-order valence-corrected chi connectivity index (χ3v) is 5.31. The quantitative estimate of drug-likeness (QED) is 0.923. The number of hydrogen-bond donors (Lipinski definition) is 1. The van der Waals surface area contributed by atoms with E-state index in [0.717, 1.165) is 36.2 Å². The first-order valence-corrected chi connectivity index (χ1v) is 8.13. The summed E-state index contributed by atoms with van der Waals surface area (Å²) in [6, 6.07) is 8.68. The molecule has 2 aromatic rings. The van der Waals surface area contributed by atoms with E-state index in [1.807, 2.05) is 18.7 Å². The van der Waals surface area contributed by atoms with Crippen LogP contribution in [0.25, 0.3) is 0 Å². The van der Waals surface area contributed by atoms with E-state index >= 15 is 0 Å². The van der Waals surface area contributed by atoms with E-state index in [4.69, 9.17) is 5.73 Å². The van der Waals surface area contributed by atoms with E-state index in [1.54, 1.807) is 0 Å². The fraction of sp³-hybridized carbons (Fsp3) is 0.438. The summed E-state index contributed by atoms with van der Waals surface area (Å²) in [5, 5.41) is 4.49. The van der Waals surface area contributed by atoms with Crippen molar-refractivity contribution in [2.24, 2.45) is 12.8 Å². The van der Waals surface area contributed by atoms with Crippen LogP contribution in [0.15, 0.2) is 28.7 Å². The highest BCUT2D eigenvalue weighted by molar-refractivity contribution is 9.10. The Morgan fingerprint density at radius 2 is 2.14 bits per heavy atom. The second-order valence-electron chi connectivity index (χ2n) is 5.68. The van der Waals surface area contributed by atoms with E-state index in [0.29, 0.717) is 5.92 Å². The van der Waals surface area contributed by atoms with Gasteiger partial charge in [-0.15, -0.1) is 0 Å². The number of hydrogen-bond acceptors (Lipinski definition) is 3. The van der Waals surface area contributed by atoms with Crippen molar-refractivity contribution in [2.45, 2.75) is 25.8 Å². The van der Waals surface area contributed by atoms with E-state index in [9.17, 15) is 0 Å². The number of benzene rings is 1. The molecule has 0 spiro atoms. The van der Waals surface area contributed by atoms with Crippen molar-refractivity contribution in [3.05, 3.63) is 45.7 Å². The summed E-state index contributed by atoms with van der Waals surface area (Å²) in [4.78, 5) is 2.44. The van der Waals surface area contributed by atoms with Gasteiger partial charge in [-0.2, -0.15) is 5.10 Å². The van der Waals surface area contributed by atoms with Gasteiger partial charge in [-0.05, 0) is 47.4 Å². The van der Waals surface area contributed by atoms with E-state index in [1.165, 1.54) is 16.9 Å². The van der Waals surface area contributed by atoms with Crippen LogP contribution in [-0.2, 0) is 13.6 Å². The molecule has 0 radical (unpaired) electrons. The van der Waals surface area contributed by atoms with Crippen LogP contribution in [0.2, 0.25) is 0 Å². The molecule has 2 N–H and O–H groups in total. The number of nitrogens with two attached hydrogens (primary N) is 1. The minimum Gasteiger partial charge on any atom is -0.365 e. The van der Waals surface area contributed by atoms with Gasteiger partial charge in [-0.3, -0.25) is 4.68 Å². The molecule has 0 amide bonds. The van der Waals surface area contributed by atoms with Gasteiger partial charge in [0, 0.05) is 25.2 Å². The zero-order valence-corrected chi connectivity index (χ0v) is 14.1. The standard InChI is InChI=1S/C16H21BrN4/c1-11-16(17)15(20(2)19-11)10-21-9-12(7-8-18)13-5-3-4-6-14(13)21/h3-6,12H,7-10,18H2,1-2H3. The van der Waals surface area contributed by atoms with Crippen LogP contribution in [0, 0.1) is 6.92 Å². The Hall–Kier alpha value is -1.33. The Labute approximate surface area is 134 Å². The normalized spacial score (nSPS) is 17.3. The molecule has 21 heavy (non-hydrogen) atoms. The second kappa shape index (κ2) is 5.81. The number of nitrogens with zero attached hydrogens (tertiary/aromatic N) is 3. The lowest BCUT2D eigenvalue weighted by Crippen LogP contribution is -2.23. The number of fused-ring (bicyclic) bond motifs is 1. The largest absolute Gasteiger partial charge is 0.365 e. The van der Waals surface area contributed by atoms with Crippen LogP contribution in [0.1, 0.15) is 29.3 Å². The van der Waals surface area contributed by atoms with Crippen molar-refractivity contribution >= 4 is 21.6 Å². The molecule has 0 fully saturated rings. The fourth-order valence-corrected chi connectivity index (χ4v) is 3.68. The average molecular weight is 349 g/mol. The lowest BCUT2D eigenvalue weighted by atomic mass is 9.98. The summed E-state index contributed by atoms with van der Waals surface area (Å²) < 4.78 is 3.09. The molecule has 5 heteroatoms. The summed E-state index contributed by atoms with van der Waals surface area (Å²) in [5.41, 5.74) is 10.8. The van der Waals surface area contributed by atoms with E-state index < -0.39 is 0 Å². The molecule has 1 aromatic heterocycles. The van der Waals surface area contributed by atoms with Crippen LogP contribution in [0.4, 0.5) is 5.69 Å². The minimum absolute atomic E-state index is 0.541. The molecular formula is C16H21BrN4. The van der Waals surface area contributed by atoms with Gasteiger partial charge in [0.1, 0.15) is 0 Å². The maximum Gasteiger partial charge on any atom is 0.0739 e. The van der Waals surface area contributed by atoms with Crippen molar-refractivity contribution in [1.82, 2.24) is 9.78 Å². The summed E-state index contributed by atoms with van der Waals surface area (Å²) in [6.45, 7) is 4.67. The number of aromatic nitrogens is 2. The first kappa shape index (κ1) is 14.6. The smallest absolute Gasteiger partial charge is 0.0739 e. The van der Waals surface area contributed by atoms with Crippen molar-refractivity contribution < 1.29 is 0 Å². The van der Waals surface area contributed by atoms with Crippen molar-refractivity contribution in [3.63, 3.8) is 0 Å². The summed E-state index contributed by atoms with van der Waals surface area (Å²) in [5.74, 6) is 0.541. The van der Waals surface area contributed by atoms with E-state index in [2.05, 4.69) is 50.2 Å². The second-order valence-corrected chi connectivity index (χ2v) is 6.48. The van der Waals surface area contributed by atoms with Gasteiger partial charge < -0.3 is 10.6 Å². The molecule has 0 aliphatic carbocycles. The summed E-state index contributed by atoms with van der Waals surface area (Å²) >= 11 is 3.66. The Kier molecular flexibility index (Phi) is 4.04. The molecular weight excluding hydrogens is 328 g/mol. The molecule has 0 saturated carbocycles. The van der Waals surface area contributed by atoms with Gasteiger partial charge in [0.15, 0.2) is 0 Å². The number of halogens is 1. The molecule has 1 aliphatic rings. The van der Waals surface area contributed by atoms with Crippen molar-refractivity contribution in [1.29, 1.82) is 0 Å². The summed E-state index contributed by atoms with van der Waals surface area (Å²) in [6.07, 6.45) is 1.04. The molecule has 1 atom stereocenters. The van der Waals surface area contributed by atoms with Gasteiger partial charge in [-0.25, -0.2) is 0 Å². The SMILES string of the molecule is Cc1nn(C)c(CN2CC(CCN)c3ccccc32)c1Br. The highest BCUT2D eigenvalue weighted by atomic mass is 79.9. The first-order chi connectivity index (χ1) is 10.1. The topological polar surface area (TPSA) is 47.1 Å². The van der Waals surface area contributed by atoms with Crippen molar-refractivity contribution in [3.8, 4) is 0 Å². The van der Waals surface area contributed by atoms with Gasteiger partial charge >= 0.3 is 0 Å². The molecule has 1 aliphatic heterocycles. The van der Waals surface area contributed by atoms with E-state index in [-0.39, 0.29) is 0 Å². The Morgan fingerprint density at radius 3 is 2.81 bits per heavy atom. The number of para-hydroxylation sites is 1. The predicted octanol–water partition coefficient (Wildman–Crippen LogP) is 2.94. The number of rotatable bonds is 4. The zero-order chi connectivity index (χ0) is 15.0. The predicted molar refractivity (Wildman–Crippen MR) is 89.5 cm³/mol. The zero-order valence-electron chi connectivity index (χ0n) is 12.5. The number of anilines is 1. The van der Waals surface area contributed by atoms with Gasteiger partial charge in [0.25, 0.3) is 0 Å². The Balaban J connectivity index is 1.90. The minimum atomic E-state index is 0.541. The van der Waals surface area contributed by atoms with Gasteiger partial charge in [-0.1, -0.05) is 18.2 Å².